The molecular formula is C14H23N3O3. The largest absolute Gasteiger partial charge is 0.481 e. The molecule has 0 radical (unpaired) electrons. The third-order valence-electron chi connectivity index (χ3n) is 4.05. The molecule has 6 heteroatoms. The van der Waals surface area contributed by atoms with Gasteiger partial charge in [-0.1, -0.05) is 6.92 Å². The fourth-order valence-corrected chi connectivity index (χ4v) is 1.68. The van der Waals surface area contributed by atoms with Crippen LogP contribution in [0.25, 0.3) is 0 Å². The molecule has 0 fully saturated rings. The minimum atomic E-state index is -1.09. The molecule has 0 atom stereocenters. The molecule has 0 aliphatic heterocycles. The molecule has 0 saturated carbocycles. The molecule has 0 aliphatic carbocycles. The van der Waals surface area contributed by atoms with Crippen molar-refractivity contribution in [3.63, 3.8) is 0 Å². The maximum atomic E-state index is 12.3. The van der Waals surface area contributed by atoms with Gasteiger partial charge in [0.05, 0.1) is 16.6 Å². The molecule has 1 rings (SSSR count). The quantitative estimate of drug-likeness (QED) is 0.858. The van der Waals surface area contributed by atoms with E-state index in [0.717, 1.165) is 12.1 Å². The van der Waals surface area contributed by atoms with Gasteiger partial charge in [0.25, 0.3) is 5.91 Å². The van der Waals surface area contributed by atoms with Crippen LogP contribution in [-0.4, -0.2) is 32.3 Å². The zero-order valence-corrected chi connectivity index (χ0v) is 12.9. The SMILES string of the molecule is CCc1cc(C(=O)NC(C)(C)C(C)(C)C(=O)O)n(C)n1. The summed E-state index contributed by atoms with van der Waals surface area (Å²) in [4.78, 5) is 23.6. The summed E-state index contributed by atoms with van der Waals surface area (Å²) in [6.45, 7) is 8.56. The van der Waals surface area contributed by atoms with E-state index in [0.29, 0.717) is 5.69 Å². The minimum absolute atomic E-state index is 0.320. The van der Waals surface area contributed by atoms with Crippen LogP contribution in [0.3, 0.4) is 0 Å². The molecule has 0 unspecified atom stereocenters. The first kappa shape index (κ1) is 16.2. The number of nitrogens with zero attached hydrogens (tertiary/aromatic N) is 2. The number of aliphatic carboxylic acids is 1. The number of aryl methyl sites for hydroxylation is 2. The number of hydrogen-bond donors (Lipinski definition) is 2. The predicted octanol–water partition coefficient (Wildman–Crippen LogP) is 1.60. The fraction of sp³-hybridized carbons (Fsp3) is 0.643. The van der Waals surface area contributed by atoms with Gasteiger partial charge in [-0.25, -0.2) is 0 Å². The standard InChI is InChI=1S/C14H23N3O3/c1-7-9-8-10(17(6)16-9)11(18)15-14(4,5)13(2,3)12(19)20/h8H,7H2,1-6H3,(H,15,18)(H,19,20). The highest BCUT2D eigenvalue weighted by Crippen LogP contribution is 2.31. The molecule has 1 aromatic rings. The number of rotatable bonds is 5. The third kappa shape index (κ3) is 2.84. The first-order chi connectivity index (χ1) is 9.02. The molecule has 0 bridgehead atoms. The van der Waals surface area contributed by atoms with Crippen LogP contribution in [0.2, 0.25) is 0 Å². The Kier molecular flexibility index (Phi) is 4.27. The Bertz CT molecular complexity index is 530. The van der Waals surface area contributed by atoms with Gasteiger partial charge in [-0.05, 0) is 40.2 Å². The molecular weight excluding hydrogens is 258 g/mol. The van der Waals surface area contributed by atoms with Gasteiger partial charge >= 0.3 is 5.97 Å². The Balaban J connectivity index is 3.00. The summed E-state index contributed by atoms with van der Waals surface area (Å²) < 4.78 is 1.51. The van der Waals surface area contributed by atoms with Crippen LogP contribution >= 0.6 is 0 Å². The number of aromatic nitrogens is 2. The monoisotopic (exact) mass is 281 g/mol. The van der Waals surface area contributed by atoms with Gasteiger partial charge < -0.3 is 10.4 Å². The highest BCUT2D eigenvalue weighted by molar-refractivity contribution is 5.93. The van der Waals surface area contributed by atoms with Crippen molar-refractivity contribution in [2.75, 3.05) is 0 Å². The molecule has 6 nitrogen and oxygen atoms in total. The van der Waals surface area contributed by atoms with Crippen molar-refractivity contribution in [3.05, 3.63) is 17.5 Å². The van der Waals surface area contributed by atoms with E-state index in [2.05, 4.69) is 10.4 Å². The Morgan fingerprint density at radius 3 is 2.30 bits per heavy atom. The van der Waals surface area contributed by atoms with E-state index in [1.54, 1.807) is 40.8 Å². The van der Waals surface area contributed by atoms with Gasteiger partial charge in [0.2, 0.25) is 0 Å². The van der Waals surface area contributed by atoms with Gasteiger partial charge in [0.1, 0.15) is 5.69 Å². The highest BCUT2D eigenvalue weighted by Gasteiger charge is 2.44. The van der Waals surface area contributed by atoms with Crippen molar-refractivity contribution in [3.8, 4) is 0 Å². The molecule has 1 aromatic heterocycles. The summed E-state index contributed by atoms with van der Waals surface area (Å²) in [5.74, 6) is -1.28. The fourth-order valence-electron chi connectivity index (χ4n) is 1.68. The molecule has 1 heterocycles. The normalized spacial score (nSPS) is 12.3. The van der Waals surface area contributed by atoms with Crippen LogP contribution in [0.5, 0.6) is 0 Å². The van der Waals surface area contributed by atoms with E-state index in [1.165, 1.54) is 4.68 Å². The molecule has 0 aliphatic rings. The van der Waals surface area contributed by atoms with Crippen LogP contribution in [0.4, 0.5) is 0 Å². The van der Waals surface area contributed by atoms with Crippen LogP contribution in [0.15, 0.2) is 6.07 Å². The first-order valence-electron chi connectivity index (χ1n) is 6.61. The zero-order chi connectivity index (χ0) is 15.7. The van der Waals surface area contributed by atoms with E-state index in [9.17, 15) is 14.7 Å². The summed E-state index contributed by atoms with van der Waals surface area (Å²) in [7, 11) is 1.70. The third-order valence-corrected chi connectivity index (χ3v) is 4.05. The maximum Gasteiger partial charge on any atom is 0.311 e. The van der Waals surface area contributed by atoms with E-state index in [-0.39, 0.29) is 5.91 Å². The highest BCUT2D eigenvalue weighted by atomic mass is 16.4. The molecule has 2 N–H and O–H groups in total. The van der Waals surface area contributed by atoms with E-state index in [4.69, 9.17) is 0 Å². The van der Waals surface area contributed by atoms with Crippen molar-refractivity contribution >= 4 is 11.9 Å². The topological polar surface area (TPSA) is 84.2 Å². The van der Waals surface area contributed by atoms with Crippen molar-refractivity contribution < 1.29 is 14.7 Å². The average molecular weight is 281 g/mol. The summed E-state index contributed by atoms with van der Waals surface area (Å²) in [5.41, 5.74) is -0.731. The smallest absolute Gasteiger partial charge is 0.311 e. The number of hydrogen-bond acceptors (Lipinski definition) is 3. The van der Waals surface area contributed by atoms with Gasteiger partial charge in [-0.15, -0.1) is 0 Å². The van der Waals surface area contributed by atoms with E-state index >= 15 is 0 Å². The number of carbonyl (C=O) groups excluding carboxylic acids is 1. The number of nitrogens with one attached hydrogen (secondary N) is 1. The number of amides is 1. The Morgan fingerprint density at radius 1 is 1.35 bits per heavy atom. The Hall–Kier alpha value is -1.85. The molecule has 0 aromatic carbocycles. The summed E-state index contributed by atoms with van der Waals surface area (Å²) >= 11 is 0. The number of carboxylic acid groups (broad SMARTS) is 1. The molecule has 112 valence electrons. The van der Waals surface area contributed by atoms with Crippen molar-refractivity contribution in [1.82, 2.24) is 15.1 Å². The van der Waals surface area contributed by atoms with E-state index in [1.807, 2.05) is 6.92 Å². The maximum absolute atomic E-state index is 12.3. The van der Waals surface area contributed by atoms with Gasteiger partial charge in [-0.3, -0.25) is 14.3 Å². The molecule has 1 amide bonds. The second-order valence-electron chi connectivity index (χ2n) is 6.01. The molecule has 20 heavy (non-hydrogen) atoms. The van der Waals surface area contributed by atoms with Gasteiger partial charge in [-0.2, -0.15) is 5.10 Å². The van der Waals surface area contributed by atoms with Gasteiger partial charge in [0.15, 0.2) is 0 Å². The summed E-state index contributed by atoms with van der Waals surface area (Å²) in [6, 6.07) is 1.72. The second kappa shape index (κ2) is 5.26. The molecule has 0 spiro atoms. The lowest BCUT2D eigenvalue weighted by atomic mass is 9.74. The number of carbonyl (C=O) groups is 2. The lowest BCUT2D eigenvalue weighted by molar-refractivity contribution is -0.150. The zero-order valence-electron chi connectivity index (χ0n) is 12.9. The first-order valence-corrected chi connectivity index (χ1v) is 6.61. The Morgan fingerprint density at radius 2 is 1.90 bits per heavy atom. The lowest BCUT2D eigenvalue weighted by Crippen LogP contribution is -2.57. The predicted molar refractivity (Wildman–Crippen MR) is 75.5 cm³/mol. The van der Waals surface area contributed by atoms with Crippen LogP contribution in [-0.2, 0) is 18.3 Å². The Labute approximate surface area is 119 Å². The lowest BCUT2D eigenvalue weighted by Gasteiger charge is -2.38. The number of carboxylic acids is 1. The summed E-state index contributed by atoms with van der Waals surface area (Å²) in [5, 5.41) is 16.3. The van der Waals surface area contributed by atoms with Crippen LogP contribution < -0.4 is 5.32 Å². The molecule has 0 saturated heterocycles. The van der Waals surface area contributed by atoms with E-state index < -0.39 is 16.9 Å². The summed E-state index contributed by atoms with van der Waals surface area (Å²) in [6.07, 6.45) is 0.741. The van der Waals surface area contributed by atoms with Crippen LogP contribution in [0, 0.1) is 5.41 Å². The average Bonchev–Trinajstić information content (AvgIpc) is 2.69. The van der Waals surface area contributed by atoms with Crippen molar-refractivity contribution in [2.45, 2.75) is 46.6 Å². The second-order valence-corrected chi connectivity index (χ2v) is 6.01. The van der Waals surface area contributed by atoms with Crippen LogP contribution in [0.1, 0.15) is 50.8 Å². The van der Waals surface area contributed by atoms with Crippen molar-refractivity contribution in [1.29, 1.82) is 0 Å². The van der Waals surface area contributed by atoms with Crippen molar-refractivity contribution in [2.24, 2.45) is 12.5 Å². The minimum Gasteiger partial charge on any atom is -0.481 e. The van der Waals surface area contributed by atoms with Gasteiger partial charge in [0, 0.05) is 7.05 Å².